The molecule has 0 aliphatic heterocycles. The number of nitrogens with one attached hydrogen (secondary N) is 2. The Kier molecular flexibility index (Phi) is 3.96. The number of H-pyrrole nitrogens is 1. The predicted octanol–water partition coefficient (Wildman–Crippen LogP) is 2.46. The van der Waals surface area contributed by atoms with E-state index >= 15 is 0 Å². The summed E-state index contributed by atoms with van der Waals surface area (Å²) in [5.41, 5.74) is 2.06. The van der Waals surface area contributed by atoms with Crippen molar-refractivity contribution in [1.82, 2.24) is 15.3 Å². The molecule has 106 valence electrons. The summed E-state index contributed by atoms with van der Waals surface area (Å²) in [7, 11) is 0. The van der Waals surface area contributed by atoms with Crippen LogP contribution in [0.5, 0.6) is 0 Å². The topological polar surface area (TPSA) is 57.8 Å². The maximum atomic E-state index is 11.9. The molecular weight excluding hydrogens is 262 g/mol. The Bertz CT molecular complexity index is 735. The fourth-order valence-electron chi connectivity index (χ4n) is 2.35. The molecule has 0 aliphatic rings. The molecular formula is C17H17N3O. The van der Waals surface area contributed by atoms with E-state index in [-0.39, 0.29) is 5.91 Å². The van der Waals surface area contributed by atoms with Gasteiger partial charge in [-0.25, -0.2) is 4.98 Å². The number of amides is 1. The molecule has 0 atom stereocenters. The molecule has 2 N–H and O–H groups in total. The van der Waals surface area contributed by atoms with E-state index in [4.69, 9.17) is 0 Å². The van der Waals surface area contributed by atoms with Crippen LogP contribution in [0.4, 0.5) is 0 Å². The normalized spacial score (nSPS) is 10.7. The van der Waals surface area contributed by atoms with Crippen molar-refractivity contribution in [1.29, 1.82) is 0 Å². The first-order valence-corrected chi connectivity index (χ1v) is 7.03. The minimum atomic E-state index is 0.0461. The highest BCUT2D eigenvalue weighted by Gasteiger charge is 2.04. The number of carbonyl (C=O) groups excluding carboxylic acids is 1. The third kappa shape index (κ3) is 3.48. The Labute approximate surface area is 123 Å². The van der Waals surface area contributed by atoms with Crippen molar-refractivity contribution in [2.24, 2.45) is 0 Å². The molecule has 2 aromatic carbocycles. The molecule has 4 nitrogen and oxygen atoms in total. The summed E-state index contributed by atoms with van der Waals surface area (Å²) in [5, 5.41) is 5.29. The molecule has 0 radical (unpaired) electrons. The van der Waals surface area contributed by atoms with Gasteiger partial charge in [0.2, 0.25) is 5.91 Å². The molecule has 1 heterocycles. The maximum absolute atomic E-state index is 11.9. The molecule has 21 heavy (non-hydrogen) atoms. The lowest BCUT2D eigenvalue weighted by atomic mass is 10.0. The molecule has 0 aliphatic carbocycles. The second-order valence-corrected chi connectivity index (χ2v) is 5.04. The van der Waals surface area contributed by atoms with E-state index in [1.54, 1.807) is 12.5 Å². The summed E-state index contributed by atoms with van der Waals surface area (Å²) in [6.45, 7) is 0.620. The number of hydrogen-bond donors (Lipinski definition) is 2. The van der Waals surface area contributed by atoms with Gasteiger partial charge >= 0.3 is 0 Å². The van der Waals surface area contributed by atoms with Gasteiger partial charge in [0.1, 0.15) is 0 Å². The summed E-state index contributed by atoms with van der Waals surface area (Å²) >= 11 is 0. The molecule has 3 rings (SSSR count). The summed E-state index contributed by atoms with van der Waals surface area (Å²) in [6, 6.07) is 14.3. The van der Waals surface area contributed by atoms with Crippen molar-refractivity contribution in [3.05, 3.63) is 66.2 Å². The van der Waals surface area contributed by atoms with Gasteiger partial charge in [0.25, 0.3) is 0 Å². The molecule has 1 aromatic heterocycles. The van der Waals surface area contributed by atoms with Crippen LogP contribution in [0.3, 0.4) is 0 Å². The van der Waals surface area contributed by atoms with Crippen LogP contribution in [0.1, 0.15) is 11.3 Å². The number of hydrogen-bond acceptors (Lipinski definition) is 2. The Hall–Kier alpha value is -2.62. The van der Waals surface area contributed by atoms with E-state index in [0.717, 1.165) is 17.7 Å². The average molecular weight is 279 g/mol. The van der Waals surface area contributed by atoms with Gasteiger partial charge in [-0.1, -0.05) is 42.5 Å². The third-order valence-corrected chi connectivity index (χ3v) is 3.45. The van der Waals surface area contributed by atoms with Gasteiger partial charge in [-0.3, -0.25) is 4.79 Å². The summed E-state index contributed by atoms with van der Waals surface area (Å²) in [5.74, 6) is 0.0461. The first-order chi connectivity index (χ1) is 10.3. The summed E-state index contributed by atoms with van der Waals surface area (Å²) < 4.78 is 0. The average Bonchev–Trinajstić information content (AvgIpc) is 3.00. The highest BCUT2D eigenvalue weighted by molar-refractivity contribution is 5.85. The number of benzene rings is 2. The minimum absolute atomic E-state index is 0.0461. The molecule has 0 spiro atoms. The van der Waals surface area contributed by atoms with E-state index in [2.05, 4.69) is 39.6 Å². The third-order valence-electron chi connectivity index (χ3n) is 3.45. The predicted molar refractivity (Wildman–Crippen MR) is 83.0 cm³/mol. The molecule has 0 saturated heterocycles. The van der Waals surface area contributed by atoms with Crippen LogP contribution in [-0.2, 0) is 17.6 Å². The quantitative estimate of drug-likeness (QED) is 0.753. The number of fused-ring (bicyclic) bond motifs is 1. The van der Waals surface area contributed by atoms with Crippen LogP contribution in [0.15, 0.2) is 55.0 Å². The van der Waals surface area contributed by atoms with Crippen molar-refractivity contribution in [3.63, 3.8) is 0 Å². The number of imidazole rings is 1. The van der Waals surface area contributed by atoms with E-state index in [1.165, 1.54) is 10.8 Å². The second-order valence-electron chi connectivity index (χ2n) is 5.04. The number of aromatic amines is 1. The first kappa shape index (κ1) is 13.4. The van der Waals surface area contributed by atoms with Crippen molar-refractivity contribution in [2.45, 2.75) is 12.8 Å². The zero-order chi connectivity index (χ0) is 14.5. The van der Waals surface area contributed by atoms with Crippen molar-refractivity contribution >= 4 is 16.7 Å². The van der Waals surface area contributed by atoms with Crippen LogP contribution in [-0.4, -0.2) is 22.4 Å². The standard InChI is InChI=1S/C17H17N3O/c21-17(19-8-7-16-11-18-12-20-16)10-13-5-6-14-3-1-2-4-15(14)9-13/h1-6,9,11-12H,7-8,10H2,(H,18,20)(H,19,21). The van der Waals surface area contributed by atoms with Gasteiger partial charge in [-0.05, 0) is 16.3 Å². The highest BCUT2D eigenvalue weighted by Crippen LogP contribution is 2.15. The van der Waals surface area contributed by atoms with Gasteiger partial charge in [-0.2, -0.15) is 0 Å². The summed E-state index contributed by atoms with van der Waals surface area (Å²) in [4.78, 5) is 18.9. The molecule has 1 amide bonds. The molecule has 0 unspecified atom stereocenters. The Morgan fingerprint density at radius 3 is 2.81 bits per heavy atom. The van der Waals surface area contributed by atoms with Crippen molar-refractivity contribution < 1.29 is 4.79 Å². The smallest absolute Gasteiger partial charge is 0.224 e. The summed E-state index contributed by atoms with van der Waals surface area (Å²) in [6.07, 6.45) is 4.60. The Morgan fingerprint density at radius 1 is 1.14 bits per heavy atom. The highest BCUT2D eigenvalue weighted by atomic mass is 16.1. The van der Waals surface area contributed by atoms with Gasteiger partial charge in [0, 0.05) is 24.9 Å². The lowest BCUT2D eigenvalue weighted by Gasteiger charge is -2.06. The number of nitrogens with zero attached hydrogens (tertiary/aromatic N) is 1. The monoisotopic (exact) mass is 279 g/mol. The van der Waals surface area contributed by atoms with Crippen LogP contribution in [0.25, 0.3) is 10.8 Å². The van der Waals surface area contributed by atoms with Gasteiger partial charge < -0.3 is 10.3 Å². The lowest BCUT2D eigenvalue weighted by Crippen LogP contribution is -2.27. The van der Waals surface area contributed by atoms with Crippen molar-refractivity contribution in [2.75, 3.05) is 6.54 Å². The van der Waals surface area contributed by atoms with Crippen LogP contribution < -0.4 is 5.32 Å². The fraction of sp³-hybridized carbons (Fsp3) is 0.176. The first-order valence-electron chi connectivity index (χ1n) is 7.03. The number of aromatic nitrogens is 2. The van der Waals surface area contributed by atoms with E-state index in [0.29, 0.717) is 13.0 Å². The zero-order valence-corrected chi connectivity index (χ0v) is 11.7. The van der Waals surface area contributed by atoms with Crippen LogP contribution >= 0.6 is 0 Å². The minimum Gasteiger partial charge on any atom is -0.355 e. The molecule has 0 bridgehead atoms. The largest absolute Gasteiger partial charge is 0.355 e. The maximum Gasteiger partial charge on any atom is 0.224 e. The molecule has 3 aromatic rings. The van der Waals surface area contributed by atoms with E-state index in [9.17, 15) is 4.79 Å². The molecule has 4 heteroatoms. The van der Waals surface area contributed by atoms with E-state index in [1.807, 2.05) is 18.2 Å². The van der Waals surface area contributed by atoms with Crippen molar-refractivity contribution in [3.8, 4) is 0 Å². The Balaban J connectivity index is 1.55. The second kappa shape index (κ2) is 6.22. The van der Waals surface area contributed by atoms with Gasteiger partial charge in [-0.15, -0.1) is 0 Å². The number of rotatable bonds is 5. The van der Waals surface area contributed by atoms with E-state index < -0.39 is 0 Å². The van der Waals surface area contributed by atoms with Crippen LogP contribution in [0.2, 0.25) is 0 Å². The molecule has 0 fully saturated rings. The van der Waals surface area contributed by atoms with Crippen LogP contribution in [0, 0.1) is 0 Å². The molecule has 0 saturated carbocycles. The van der Waals surface area contributed by atoms with Gasteiger partial charge in [0.05, 0.1) is 12.7 Å². The fourth-order valence-corrected chi connectivity index (χ4v) is 2.35. The number of carbonyl (C=O) groups is 1. The zero-order valence-electron chi connectivity index (χ0n) is 11.7. The van der Waals surface area contributed by atoms with Gasteiger partial charge in [0.15, 0.2) is 0 Å². The Morgan fingerprint density at radius 2 is 2.00 bits per heavy atom. The SMILES string of the molecule is O=C(Cc1ccc2ccccc2c1)NCCc1cnc[nH]1. The lowest BCUT2D eigenvalue weighted by molar-refractivity contribution is -0.120.